The number of piperazine rings is 1. The summed E-state index contributed by atoms with van der Waals surface area (Å²) < 4.78 is 7.39. The molecule has 0 saturated carbocycles. The molecule has 1 saturated heterocycles. The van der Waals surface area contributed by atoms with E-state index in [2.05, 4.69) is 19.8 Å². The van der Waals surface area contributed by atoms with Crippen molar-refractivity contribution in [3.63, 3.8) is 0 Å². The van der Waals surface area contributed by atoms with Crippen LogP contribution in [0.2, 0.25) is 0 Å². The largest absolute Gasteiger partial charge is 0.459 e. The van der Waals surface area contributed by atoms with Gasteiger partial charge < -0.3 is 14.2 Å². The molecule has 2 aromatic heterocycles. The van der Waals surface area contributed by atoms with Crippen molar-refractivity contribution in [3.05, 3.63) is 42.1 Å². The van der Waals surface area contributed by atoms with Crippen LogP contribution < -0.4 is 4.90 Å². The minimum atomic E-state index is -0.312. The maximum atomic E-state index is 12.3. The molecular weight excluding hydrogens is 318 g/mol. The zero-order valence-corrected chi connectivity index (χ0v) is 15.1. The van der Waals surface area contributed by atoms with Crippen molar-refractivity contribution < 1.29 is 9.53 Å². The summed E-state index contributed by atoms with van der Waals surface area (Å²) in [5.74, 6) is 1.46. The predicted molar refractivity (Wildman–Crippen MR) is 95.5 cm³/mol. The van der Waals surface area contributed by atoms with Gasteiger partial charge in [-0.15, -0.1) is 0 Å². The van der Waals surface area contributed by atoms with Gasteiger partial charge in [0.15, 0.2) is 0 Å². The molecule has 1 fully saturated rings. The SMILES string of the molecule is CC(C)OC(=O)c1cccnc1N1CCN(Cc2nccn2C)CC1. The molecule has 0 radical (unpaired) electrons. The van der Waals surface area contributed by atoms with Crippen molar-refractivity contribution in [2.24, 2.45) is 7.05 Å². The molecule has 3 heterocycles. The average molecular weight is 343 g/mol. The van der Waals surface area contributed by atoms with Gasteiger partial charge >= 0.3 is 5.97 Å². The van der Waals surface area contributed by atoms with E-state index in [-0.39, 0.29) is 12.1 Å². The van der Waals surface area contributed by atoms with E-state index in [1.54, 1.807) is 18.3 Å². The fourth-order valence-corrected chi connectivity index (χ4v) is 2.95. The van der Waals surface area contributed by atoms with E-state index in [4.69, 9.17) is 4.74 Å². The number of carbonyl (C=O) groups excluding carboxylic acids is 1. The maximum Gasteiger partial charge on any atom is 0.342 e. The Morgan fingerprint density at radius 2 is 1.96 bits per heavy atom. The van der Waals surface area contributed by atoms with Gasteiger partial charge in [-0.1, -0.05) is 0 Å². The second-order valence-electron chi connectivity index (χ2n) is 6.55. The van der Waals surface area contributed by atoms with Crippen LogP contribution in [0.1, 0.15) is 30.0 Å². The van der Waals surface area contributed by atoms with Gasteiger partial charge in [-0.05, 0) is 26.0 Å². The molecular formula is C18H25N5O2. The lowest BCUT2D eigenvalue weighted by Gasteiger charge is -2.35. The summed E-state index contributed by atoms with van der Waals surface area (Å²) in [7, 11) is 2.01. The minimum absolute atomic E-state index is 0.143. The fourth-order valence-electron chi connectivity index (χ4n) is 2.95. The Hall–Kier alpha value is -2.41. The lowest BCUT2D eigenvalue weighted by molar-refractivity contribution is 0.0378. The molecule has 0 bridgehead atoms. The predicted octanol–water partition coefficient (Wildman–Crippen LogP) is 1.70. The summed E-state index contributed by atoms with van der Waals surface area (Å²) in [5, 5.41) is 0. The van der Waals surface area contributed by atoms with E-state index in [1.165, 1.54) is 0 Å². The first-order valence-corrected chi connectivity index (χ1v) is 8.64. The highest BCUT2D eigenvalue weighted by molar-refractivity contribution is 5.94. The number of pyridine rings is 1. The van der Waals surface area contributed by atoms with Crippen LogP contribution in [-0.4, -0.2) is 57.7 Å². The molecule has 134 valence electrons. The zero-order chi connectivity index (χ0) is 17.8. The van der Waals surface area contributed by atoms with E-state index in [0.29, 0.717) is 11.4 Å². The lowest BCUT2D eigenvalue weighted by atomic mass is 10.2. The lowest BCUT2D eigenvalue weighted by Crippen LogP contribution is -2.47. The quantitative estimate of drug-likeness (QED) is 0.770. The van der Waals surface area contributed by atoms with Crippen LogP contribution >= 0.6 is 0 Å². The van der Waals surface area contributed by atoms with E-state index in [9.17, 15) is 4.79 Å². The van der Waals surface area contributed by atoms with Crippen molar-refractivity contribution in [3.8, 4) is 0 Å². The van der Waals surface area contributed by atoms with Gasteiger partial charge in [-0.3, -0.25) is 4.90 Å². The Bertz CT molecular complexity index is 720. The Labute approximate surface area is 148 Å². The highest BCUT2D eigenvalue weighted by Gasteiger charge is 2.24. The molecule has 2 aromatic rings. The fraction of sp³-hybridized carbons (Fsp3) is 0.500. The van der Waals surface area contributed by atoms with Crippen LogP contribution in [0, 0.1) is 0 Å². The highest BCUT2D eigenvalue weighted by atomic mass is 16.5. The van der Waals surface area contributed by atoms with Crippen molar-refractivity contribution >= 4 is 11.8 Å². The highest BCUT2D eigenvalue weighted by Crippen LogP contribution is 2.21. The van der Waals surface area contributed by atoms with Crippen LogP contribution in [-0.2, 0) is 18.3 Å². The van der Waals surface area contributed by atoms with Gasteiger partial charge in [0, 0.05) is 51.8 Å². The number of hydrogen-bond donors (Lipinski definition) is 0. The molecule has 0 atom stereocenters. The van der Waals surface area contributed by atoms with Crippen LogP contribution in [0.4, 0.5) is 5.82 Å². The first kappa shape index (κ1) is 17.4. The maximum absolute atomic E-state index is 12.3. The molecule has 0 N–H and O–H groups in total. The summed E-state index contributed by atoms with van der Waals surface area (Å²) in [6, 6.07) is 3.56. The molecule has 0 aliphatic carbocycles. The third kappa shape index (κ3) is 4.17. The third-order valence-corrected chi connectivity index (χ3v) is 4.31. The van der Waals surface area contributed by atoms with E-state index < -0.39 is 0 Å². The number of aromatic nitrogens is 3. The topological polar surface area (TPSA) is 63.5 Å². The van der Waals surface area contributed by atoms with Gasteiger partial charge in [0.2, 0.25) is 0 Å². The van der Waals surface area contributed by atoms with Crippen LogP contribution in [0.5, 0.6) is 0 Å². The average Bonchev–Trinajstić information content (AvgIpc) is 3.00. The van der Waals surface area contributed by atoms with Crippen molar-refractivity contribution in [1.82, 2.24) is 19.4 Å². The standard InChI is InChI=1S/C18H25N5O2/c1-14(2)25-18(24)15-5-4-6-20-17(15)23-11-9-22(10-12-23)13-16-19-7-8-21(16)3/h4-8,14H,9-13H2,1-3H3. The van der Waals surface area contributed by atoms with Gasteiger partial charge in [0.05, 0.1) is 12.6 Å². The molecule has 0 aromatic carbocycles. The smallest absolute Gasteiger partial charge is 0.342 e. The molecule has 0 spiro atoms. The Morgan fingerprint density at radius 3 is 2.60 bits per heavy atom. The number of aryl methyl sites for hydroxylation is 1. The number of imidazole rings is 1. The summed E-state index contributed by atoms with van der Waals surface area (Å²) >= 11 is 0. The van der Waals surface area contributed by atoms with Crippen LogP contribution in [0.15, 0.2) is 30.7 Å². The Balaban J connectivity index is 1.65. The summed E-state index contributed by atoms with van der Waals surface area (Å²) in [4.78, 5) is 25.7. The van der Waals surface area contributed by atoms with Crippen LogP contribution in [0.25, 0.3) is 0 Å². The number of nitrogens with zero attached hydrogens (tertiary/aromatic N) is 5. The first-order chi connectivity index (χ1) is 12.0. The Morgan fingerprint density at radius 1 is 1.20 bits per heavy atom. The van der Waals surface area contributed by atoms with Crippen LogP contribution in [0.3, 0.4) is 0 Å². The summed E-state index contributed by atoms with van der Waals surface area (Å²) in [6.07, 6.45) is 5.37. The molecule has 0 unspecified atom stereocenters. The Kier molecular flexibility index (Phi) is 5.33. The number of esters is 1. The van der Waals surface area contributed by atoms with Gasteiger partial charge in [-0.2, -0.15) is 0 Å². The number of anilines is 1. The molecule has 7 nitrogen and oxygen atoms in total. The first-order valence-electron chi connectivity index (χ1n) is 8.64. The zero-order valence-electron chi connectivity index (χ0n) is 15.1. The van der Waals surface area contributed by atoms with Crippen molar-refractivity contribution in [2.45, 2.75) is 26.5 Å². The summed E-state index contributed by atoms with van der Waals surface area (Å²) in [5.41, 5.74) is 0.536. The normalized spacial score (nSPS) is 15.6. The van der Waals surface area contributed by atoms with E-state index >= 15 is 0 Å². The number of carbonyl (C=O) groups is 1. The monoisotopic (exact) mass is 343 g/mol. The minimum Gasteiger partial charge on any atom is -0.459 e. The second kappa shape index (κ2) is 7.65. The number of hydrogen-bond acceptors (Lipinski definition) is 6. The van der Waals surface area contributed by atoms with Gasteiger partial charge in [0.25, 0.3) is 0 Å². The molecule has 25 heavy (non-hydrogen) atoms. The van der Waals surface area contributed by atoms with E-state index in [1.807, 2.05) is 37.9 Å². The van der Waals surface area contributed by atoms with Crippen molar-refractivity contribution in [1.29, 1.82) is 0 Å². The van der Waals surface area contributed by atoms with Gasteiger partial charge in [0.1, 0.15) is 17.2 Å². The second-order valence-corrected chi connectivity index (χ2v) is 6.55. The summed E-state index contributed by atoms with van der Waals surface area (Å²) in [6.45, 7) is 7.99. The van der Waals surface area contributed by atoms with E-state index in [0.717, 1.165) is 38.5 Å². The van der Waals surface area contributed by atoms with Crippen molar-refractivity contribution in [2.75, 3.05) is 31.1 Å². The molecule has 7 heteroatoms. The third-order valence-electron chi connectivity index (χ3n) is 4.31. The molecule has 1 aliphatic rings. The molecule has 0 amide bonds. The number of ether oxygens (including phenoxy) is 1. The van der Waals surface area contributed by atoms with Gasteiger partial charge in [-0.25, -0.2) is 14.8 Å². The molecule has 3 rings (SSSR count). The number of rotatable bonds is 5. The molecule has 1 aliphatic heterocycles.